The summed E-state index contributed by atoms with van der Waals surface area (Å²) in [5, 5.41) is 0. The van der Waals surface area contributed by atoms with Gasteiger partial charge in [-0.3, -0.25) is 0 Å². The molecule has 0 heterocycles. The van der Waals surface area contributed by atoms with Gasteiger partial charge in [-0.25, -0.2) is 4.79 Å². The molecule has 2 fully saturated rings. The van der Waals surface area contributed by atoms with E-state index >= 15 is 0 Å². The summed E-state index contributed by atoms with van der Waals surface area (Å²) < 4.78 is 0. The highest BCUT2D eigenvalue weighted by atomic mass is 16.1. The zero-order valence-electron chi connectivity index (χ0n) is 8.25. The number of rotatable bonds is 1. The third-order valence-corrected chi connectivity index (χ3v) is 3.67. The Balaban J connectivity index is 2.19. The lowest BCUT2D eigenvalue weighted by atomic mass is 9.64. The molecule has 2 bridgehead atoms. The largest absolute Gasteiger partial charge is 0.235 e. The molecule has 2 aliphatic carbocycles. The Morgan fingerprint density at radius 1 is 1.46 bits per heavy atom. The Labute approximate surface area is 79.4 Å². The molecule has 0 aromatic rings. The fourth-order valence-electron chi connectivity index (χ4n) is 3.39. The summed E-state index contributed by atoms with van der Waals surface area (Å²) >= 11 is 0. The van der Waals surface area contributed by atoms with Gasteiger partial charge in [0, 0.05) is 0 Å². The highest BCUT2D eigenvalue weighted by Crippen LogP contribution is 2.47. The van der Waals surface area contributed by atoms with Crippen LogP contribution in [0.15, 0.2) is 4.99 Å². The maximum atomic E-state index is 10.4. The average molecular weight is 179 g/mol. The quantitative estimate of drug-likeness (QED) is 0.449. The molecule has 0 saturated heterocycles. The van der Waals surface area contributed by atoms with Crippen LogP contribution >= 0.6 is 0 Å². The van der Waals surface area contributed by atoms with E-state index < -0.39 is 0 Å². The smallest absolute Gasteiger partial charge is 0.211 e. The van der Waals surface area contributed by atoms with E-state index in [2.05, 4.69) is 11.9 Å². The molecule has 2 aliphatic rings. The van der Waals surface area contributed by atoms with Crippen LogP contribution < -0.4 is 0 Å². The Morgan fingerprint density at radius 2 is 2.31 bits per heavy atom. The minimum atomic E-state index is 0.00231. The second-order valence-corrected chi connectivity index (χ2v) is 4.93. The van der Waals surface area contributed by atoms with Crippen LogP contribution in [0.2, 0.25) is 0 Å². The lowest BCUT2D eigenvalue weighted by Crippen LogP contribution is -2.40. The Hall–Kier alpha value is -0.620. The molecule has 13 heavy (non-hydrogen) atoms. The molecule has 0 spiro atoms. The van der Waals surface area contributed by atoms with Crippen LogP contribution in [0.1, 0.15) is 45.4 Å². The molecule has 0 aromatic heterocycles. The van der Waals surface area contributed by atoms with Gasteiger partial charge in [-0.1, -0.05) is 19.8 Å². The normalized spacial score (nSPS) is 43.8. The summed E-state index contributed by atoms with van der Waals surface area (Å²) in [5.41, 5.74) is 0.00231. The number of carbonyl (C=O) groups excluding carboxylic acids is 1. The minimum Gasteiger partial charge on any atom is -0.211 e. The SMILES string of the molecule is CC1CC2CCCC(N=C=O)(C1)C2. The van der Waals surface area contributed by atoms with E-state index in [9.17, 15) is 4.79 Å². The number of nitrogens with zero attached hydrogens (tertiary/aromatic N) is 1. The third-order valence-electron chi connectivity index (χ3n) is 3.67. The van der Waals surface area contributed by atoms with Crippen molar-refractivity contribution in [3.8, 4) is 0 Å². The lowest BCUT2D eigenvalue weighted by Gasteiger charge is -2.44. The first kappa shape index (κ1) is 8.96. The number of hydrogen-bond acceptors (Lipinski definition) is 2. The zero-order chi connectivity index (χ0) is 9.31. The standard InChI is InChI=1S/C11H17NO/c1-9-5-10-3-2-4-11(6-9,7-10)12-8-13/h9-10H,2-7H2,1H3. The molecule has 0 aliphatic heterocycles. The van der Waals surface area contributed by atoms with Gasteiger partial charge in [0.1, 0.15) is 0 Å². The van der Waals surface area contributed by atoms with E-state index in [1.54, 1.807) is 6.08 Å². The van der Waals surface area contributed by atoms with Crippen molar-refractivity contribution in [3.05, 3.63) is 0 Å². The van der Waals surface area contributed by atoms with Gasteiger partial charge >= 0.3 is 0 Å². The van der Waals surface area contributed by atoms with E-state index in [1.165, 1.54) is 19.3 Å². The summed E-state index contributed by atoms with van der Waals surface area (Å²) in [5.74, 6) is 1.57. The molecular weight excluding hydrogens is 162 g/mol. The van der Waals surface area contributed by atoms with Gasteiger partial charge < -0.3 is 0 Å². The molecule has 0 radical (unpaired) electrons. The predicted octanol–water partition coefficient (Wildman–Crippen LogP) is 2.68. The van der Waals surface area contributed by atoms with E-state index in [-0.39, 0.29) is 5.54 Å². The fourth-order valence-corrected chi connectivity index (χ4v) is 3.39. The molecule has 0 amide bonds. The second-order valence-electron chi connectivity index (χ2n) is 4.93. The molecule has 3 atom stereocenters. The van der Waals surface area contributed by atoms with Gasteiger partial charge in [-0.2, -0.15) is 4.99 Å². The van der Waals surface area contributed by atoms with Gasteiger partial charge in [0.05, 0.1) is 5.54 Å². The van der Waals surface area contributed by atoms with Crippen molar-refractivity contribution in [3.63, 3.8) is 0 Å². The summed E-state index contributed by atoms with van der Waals surface area (Å²) in [7, 11) is 0. The van der Waals surface area contributed by atoms with Crippen LogP contribution in [0.25, 0.3) is 0 Å². The Kier molecular flexibility index (Phi) is 2.25. The van der Waals surface area contributed by atoms with Crippen molar-refractivity contribution >= 4 is 6.08 Å². The molecule has 72 valence electrons. The zero-order valence-corrected chi connectivity index (χ0v) is 8.25. The number of fused-ring (bicyclic) bond motifs is 2. The molecular formula is C11H17NO. The topological polar surface area (TPSA) is 29.4 Å². The average Bonchev–Trinajstić information content (AvgIpc) is 2.02. The molecule has 2 saturated carbocycles. The maximum absolute atomic E-state index is 10.4. The predicted molar refractivity (Wildman–Crippen MR) is 51.2 cm³/mol. The highest BCUT2D eigenvalue weighted by molar-refractivity contribution is 5.35. The van der Waals surface area contributed by atoms with Crippen molar-refractivity contribution < 1.29 is 4.79 Å². The monoisotopic (exact) mass is 179 g/mol. The summed E-state index contributed by atoms with van der Waals surface area (Å²) in [6.45, 7) is 2.28. The van der Waals surface area contributed by atoms with E-state index in [1.807, 2.05) is 0 Å². The van der Waals surface area contributed by atoms with E-state index in [0.29, 0.717) is 0 Å². The molecule has 2 heteroatoms. The van der Waals surface area contributed by atoms with E-state index in [4.69, 9.17) is 0 Å². The van der Waals surface area contributed by atoms with Gasteiger partial charge in [0.25, 0.3) is 0 Å². The van der Waals surface area contributed by atoms with Crippen LogP contribution in [0.4, 0.5) is 0 Å². The van der Waals surface area contributed by atoms with Crippen molar-refractivity contribution in [1.29, 1.82) is 0 Å². The summed E-state index contributed by atoms with van der Waals surface area (Å²) in [6.07, 6.45) is 9.09. The number of hydrogen-bond donors (Lipinski definition) is 0. The number of isocyanates is 1. The van der Waals surface area contributed by atoms with Gasteiger partial charge in [0.15, 0.2) is 0 Å². The molecule has 0 N–H and O–H groups in total. The highest BCUT2D eigenvalue weighted by Gasteiger charge is 2.41. The van der Waals surface area contributed by atoms with Crippen molar-refractivity contribution in [2.75, 3.05) is 0 Å². The van der Waals surface area contributed by atoms with Crippen LogP contribution in [0.3, 0.4) is 0 Å². The first-order valence-corrected chi connectivity index (χ1v) is 5.33. The third kappa shape index (κ3) is 1.68. The van der Waals surface area contributed by atoms with Crippen molar-refractivity contribution in [2.24, 2.45) is 16.8 Å². The van der Waals surface area contributed by atoms with Crippen LogP contribution in [-0.4, -0.2) is 11.6 Å². The van der Waals surface area contributed by atoms with Gasteiger partial charge in [0.2, 0.25) is 6.08 Å². The molecule has 0 aromatic carbocycles. The molecule has 2 nitrogen and oxygen atoms in total. The summed E-state index contributed by atoms with van der Waals surface area (Å²) in [6, 6.07) is 0. The first-order valence-electron chi connectivity index (χ1n) is 5.33. The van der Waals surface area contributed by atoms with Crippen LogP contribution in [-0.2, 0) is 4.79 Å². The Morgan fingerprint density at radius 3 is 3.08 bits per heavy atom. The van der Waals surface area contributed by atoms with Gasteiger partial charge in [-0.15, -0.1) is 0 Å². The van der Waals surface area contributed by atoms with Gasteiger partial charge in [-0.05, 0) is 37.5 Å². The van der Waals surface area contributed by atoms with E-state index in [0.717, 1.165) is 31.1 Å². The Bertz CT molecular complexity index is 240. The molecule has 2 rings (SSSR count). The van der Waals surface area contributed by atoms with Crippen LogP contribution in [0, 0.1) is 11.8 Å². The minimum absolute atomic E-state index is 0.00231. The molecule has 3 unspecified atom stereocenters. The second kappa shape index (κ2) is 3.26. The van der Waals surface area contributed by atoms with Crippen molar-refractivity contribution in [2.45, 2.75) is 51.0 Å². The maximum Gasteiger partial charge on any atom is 0.235 e. The number of aliphatic imine (C=N–C) groups is 1. The lowest BCUT2D eigenvalue weighted by molar-refractivity contribution is 0.117. The first-order chi connectivity index (χ1) is 6.24. The van der Waals surface area contributed by atoms with Crippen molar-refractivity contribution in [1.82, 2.24) is 0 Å². The fraction of sp³-hybridized carbons (Fsp3) is 0.909. The summed E-state index contributed by atoms with van der Waals surface area (Å²) in [4.78, 5) is 14.5. The van der Waals surface area contributed by atoms with Crippen LogP contribution in [0.5, 0.6) is 0 Å².